The Balaban J connectivity index is 1.72. The van der Waals surface area contributed by atoms with E-state index in [4.69, 9.17) is 4.74 Å². The lowest BCUT2D eigenvalue weighted by Gasteiger charge is -2.16. The van der Waals surface area contributed by atoms with Crippen molar-refractivity contribution in [3.05, 3.63) is 89.5 Å². The number of ether oxygens (including phenoxy) is 1. The van der Waals surface area contributed by atoms with Gasteiger partial charge in [-0.2, -0.15) is 0 Å². The fourth-order valence-corrected chi connectivity index (χ4v) is 4.52. The molecule has 7 nitrogen and oxygen atoms in total. The smallest absolute Gasteiger partial charge is 0.337 e. The van der Waals surface area contributed by atoms with Gasteiger partial charge in [0.05, 0.1) is 17.6 Å². The van der Waals surface area contributed by atoms with Crippen LogP contribution in [-0.4, -0.2) is 33.1 Å². The van der Waals surface area contributed by atoms with E-state index < -0.39 is 22.0 Å². The lowest BCUT2D eigenvalue weighted by molar-refractivity contribution is 0.0697. The monoisotopic (exact) mass is 454 g/mol. The summed E-state index contributed by atoms with van der Waals surface area (Å²) in [5.41, 5.74) is 2.14. The van der Waals surface area contributed by atoms with Crippen molar-refractivity contribution in [2.45, 2.75) is 24.3 Å². The number of nitrogens with one attached hydrogen (secondary N) is 2. The fraction of sp³-hybridized carbons (Fsp3) is 0.208. The Kier molecular flexibility index (Phi) is 7.50. The highest BCUT2D eigenvalue weighted by atomic mass is 32.2. The van der Waals surface area contributed by atoms with Crippen LogP contribution in [0.2, 0.25) is 0 Å². The van der Waals surface area contributed by atoms with E-state index in [2.05, 4.69) is 10.0 Å². The second kappa shape index (κ2) is 10.3. The summed E-state index contributed by atoms with van der Waals surface area (Å²) >= 11 is 0. The average Bonchev–Trinajstić information content (AvgIpc) is 2.79. The van der Waals surface area contributed by atoms with E-state index in [-0.39, 0.29) is 10.5 Å². The molecule has 168 valence electrons. The van der Waals surface area contributed by atoms with Gasteiger partial charge in [-0.25, -0.2) is 17.9 Å². The van der Waals surface area contributed by atoms with Crippen LogP contribution in [0.3, 0.4) is 0 Å². The van der Waals surface area contributed by atoms with Gasteiger partial charge in [0.15, 0.2) is 0 Å². The quantitative estimate of drug-likeness (QED) is 0.426. The molecule has 32 heavy (non-hydrogen) atoms. The SMILES string of the molecule is COc1ccc(CCNc2ccc(S(=O)(=O)NC(C)c3ccccc3)cc2C(=O)O)cc1. The number of rotatable bonds is 10. The molecular weight excluding hydrogens is 428 g/mol. The molecule has 0 spiro atoms. The van der Waals surface area contributed by atoms with E-state index in [1.54, 1.807) is 14.0 Å². The molecule has 3 rings (SSSR count). The van der Waals surface area contributed by atoms with E-state index in [0.717, 1.165) is 16.9 Å². The topological polar surface area (TPSA) is 105 Å². The molecule has 3 aromatic rings. The molecule has 0 radical (unpaired) electrons. The predicted molar refractivity (Wildman–Crippen MR) is 124 cm³/mol. The molecule has 0 bridgehead atoms. The van der Waals surface area contributed by atoms with Crippen molar-refractivity contribution in [2.24, 2.45) is 0 Å². The molecule has 3 N–H and O–H groups in total. The van der Waals surface area contributed by atoms with E-state index >= 15 is 0 Å². The van der Waals surface area contributed by atoms with Crippen LogP contribution in [0, 0.1) is 0 Å². The Bertz CT molecular complexity index is 1160. The molecule has 0 saturated carbocycles. The molecule has 1 atom stereocenters. The summed E-state index contributed by atoms with van der Waals surface area (Å²) in [5, 5.41) is 12.7. The van der Waals surface area contributed by atoms with Crippen LogP contribution in [0.4, 0.5) is 5.69 Å². The summed E-state index contributed by atoms with van der Waals surface area (Å²) < 4.78 is 33.4. The normalized spacial score (nSPS) is 12.2. The lowest BCUT2D eigenvalue weighted by atomic mass is 10.1. The van der Waals surface area contributed by atoms with Crippen molar-refractivity contribution >= 4 is 21.7 Å². The molecule has 0 fully saturated rings. The predicted octanol–water partition coefficient (Wildman–Crippen LogP) is 4.09. The number of methoxy groups -OCH3 is 1. The zero-order chi connectivity index (χ0) is 23.1. The second-order valence-corrected chi connectivity index (χ2v) is 9.01. The molecule has 8 heteroatoms. The van der Waals surface area contributed by atoms with Gasteiger partial charge in [-0.15, -0.1) is 0 Å². The second-order valence-electron chi connectivity index (χ2n) is 7.29. The van der Waals surface area contributed by atoms with Gasteiger partial charge < -0.3 is 15.2 Å². The number of carboxylic acids is 1. The molecule has 1 unspecified atom stereocenters. The zero-order valence-corrected chi connectivity index (χ0v) is 18.7. The molecule has 0 aromatic heterocycles. The maximum atomic E-state index is 12.8. The van der Waals surface area contributed by atoms with E-state index in [1.807, 2.05) is 54.6 Å². The molecule has 3 aromatic carbocycles. The summed E-state index contributed by atoms with van der Waals surface area (Å²) in [7, 11) is -2.30. The van der Waals surface area contributed by atoms with Crippen LogP contribution < -0.4 is 14.8 Å². The van der Waals surface area contributed by atoms with Gasteiger partial charge in [-0.05, 0) is 54.8 Å². The highest BCUT2D eigenvalue weighted by Gasteiger charge is 2.21. The van der Waals surface area contributed by atoms with Crippen LogP contribution in [0.5, 0.6) is 5.75 Å². The molecule has 0 amide bonds. The zero-order valence-electron chi connectivity index (χ0n) is 17.9. The third-order valence-corrected chi connectivity index (χ3v) is 6.59. The number of aromatic carboxylic acids is 1. The maximum Gasteiger partial charge on any atom is 0.337 e. The van der Waals surface area contributed by atoms with Gasteiger partial charge in [-0.1, -0.05) is 42.5 Å². The van der Waals surface area contributed by atoms with Gasteiger partial charge in [0.2, 0.25) is 10.0 Å². The minimum absolute atomic E-state index is 0.0987. The summed E-state index contributed by atoms with van der Waals surface area (Å²) in [4.78, 5) is 11.7. The lowest BCUT2D eigenvalue weighted by Crippen LogP contribution is -2.27. The molecule has 0 aliphatic rings. The van der Waals surface area contributed by atoms with Crippen molar-refractivity contribution in [1.29, 1.82) is 0 Å². The number of carbonyl (C=O) groups is 1. The minimum atomic E-state index is -3.90. The Labute approximate surface area is 188 Å². The standard InChI is InChI=1S/C24H26N2O5S/c1-17(19-6-4-3-5-7-19)26-32(29,30)21-12-13-23(22(16-21)24(27)28)25-15-14-18-8-10-20(31-2)11-9-18/h3-13,16-17,25-26H,14-15H2,1-2H3,(H,27,28). The Morgan fingerprint density at radius 3 is 2.34 bits per heavy atom. The molecule has 0 aliphatic heterocycles. The van der Waals surface area contributed by atoms with E-state index in [9.17, 15) is 18.3 Å². The Morgan fingerprint density at radius 1 is 1.03 bits per heavy atom. The number of hydrogen-bond acceptors (Lipinski definition) is 5. The van der Waals surface area contributed by atoms with Gasteiger partial charge in [0, 0.05) is 18.3 Å². The Morgan fingerprint density at radius 2 is 1.72 bits per heavy atom. The Hall–Kier alpha value is -3.36. The van der Waals surface area contributed by atoms with Crippen molar-refractivity contribution in [3.8, 4) is 5.75 Å². The first-order valence-electron chi connectivity index (χ1n) is 10.1. The molecule has 0 aliphatic carbocycles. The molecule has 0 heterocycles. The van der Waals surface area contributed by atoms with Gasteiger partial charge in [-0.3, -0.25) is 0 Å². The van der Waals surface area contributed by atoms with Crippen LogP contribution in [0.1, 0.15) is 34.5 Å². The van der Waals surface area contributed by atoms with Crippen molar-refractivity contribution in [2.75, 3.05) is 19.0 Å². The first kappa shape index (κ1) is 23.3. The average molecular weight is 455 g/mol. The van der Waals surface area contributed by atoms with Crippen molar-refractivity contribution in [3.63, 3.8) is 0 Å². The molecular formula is C24H26N2O5S. The van der Waals surface area contributed by atoms with Crippen molar-refractivity contribution in [1.82, 2.24) is 4.72 Å². The van der Waals surface area contributed by atoms with Gasteiger partial charge in [0.25, 0.3) is 0 Å². The highest BCUT2D eigenvalue weighted by molar-refractivity contribution is 7.89. The third kappa shape index (κ3) is 5.87. The largest absolute Gasteiger partial charge is 0.497 e. The minimum Gasteiger partial charge on any atom is -0.497 e. The molecule has 0 saturated heterocycles. The third-order valence-electron chi connectivity index (χ3n) is 5.05. The first-order valence-corrected chi connectivity index (χ1v) is 11.6. The first-order chi connectivity index (χ1) is 15.3. The summed E-state index contributed by atoms with van der Waals surface area (Å²) in [6, 6.07) is 20.4. The van der Waals surface area contributed by atoms with Crippen LogP contribution in [0.25, 0.3) is 0 Å². The summed E-state index contributed by atoms with van der Waals surface area (Å²) in [6.07, 6.45) is 0.666. The van der Waals surface area contributed by atoms with Crippen molar-refractivity contribution < 1.29 is 23.1 Å². The van der Waals surface area contributed by atoms with Gasteiger partial charge >= 0.3 is 5.97 Å². The number of hydrogen-bond donors (Lipinski definition) is 3. The van der Waals surface area contributed by atoms with E-state index in [0.29, 0.717) is 18.7 Å². The van der Waals surface area contributed by atoms with Crippen LogP contribution in [0.15, 0.2) is 77.7 Å². The fourth-order valence-electron chi connectivity index (χ4n) is 3.27. The summed E-state index contributed by atoms with van der Waals surface area (Å²) in [6.45, 7) is 2.22. The number of benzene rings is 3. The van der Waals surface area contributed by atoms with Crippen LogP contribution >= 0.6 is 0 Å². The number of anilines is 1. The maximum absolute atomic E-state index is 12.8. The summed E-state index contributed by atoms with van der Waals surface area (Å²) in [5.74, 6) is -0.438. The van der Waals surface area contributed by atoms with Gasteiger partial charge in [0.1, 0.15) is 5.75 Å². The number of sulfonamides is 1. The number of carboxylic acid groups (broad SMARTS) is 1. The van der Waals surface area contributed by atoms with Crippen LogP contribution in [-0.2, 0) is 16.4 Å². The van der Waals surface area contributed by atoms with E-state index in [1.165, 1.54) is 18.2 Å². The highest BCUT2D eigenvalue weighted by Crippen LogP contribution is 2.23.